The first-order valence-electron chi connectivity index (χ1n) is 22.3. The molecule has 1 aromatic heterocycles. The molecule has 0 saturated carbocycles. The van der Waals surface area contributed by atoms with E-state index in [1.54, 1.807) is 48.5 Å². The predicted molar refractivity (Wildman–Crippen MR) is 252 cm³/mol. The van der Waals surface area contributed by atoms with Gasteiger partial charge in [-0.1, -0.05) is 109 Å². The van der Waals surface area contributed by atoms with Gasteiger partial charge < -0.3 is 19.5 Å². The Hall–Kier alpha value is -6.09. The molecule has 0 aliphatic carbocycles. The molecule has 0 bridgehead atoms. The lowest BCUT2D eigenvalue weighted by molar-refractivity contribution is -0.144. The van der Waals surface area contributed by atoms with Crippen LogP contribution in [0.4, 0.5) is 15.8 Å². The van der Waals surface area contributed by atoms with Gasteiger partial charge in [-0.15, -0.1) is 5.10 Å². The number of thioether (sulfide) groups is 1. The van der Waals surface area contributed by atoms with Crippen LogP contribution in [0.3, 0.4) is 0 Å². The summed E-state index contributed by atoms with van der Waals surface area (Å²) in [5, 5.41) is 20.8. The maximum absolute atomic E-state index is 15.5. The van der Waals surface area contributed by atoms with Crippen molar-refractivity contribution >= 4 is 46.6 Å². The van der Waals surface area contributed by atoms with Gasteiger partial charge in [-0.3, -0.25) is 14.4 Å². The molecule has 4 aromatic carbocycles. The number of carbonyl (C=O) groups is 3. The Kier molecular flexibility index (Phi) is 15.5. The third kappa shape index (κ3) is 11.2. The number of nitrogens with zero attached hydrogens (tertiary/aromatic N) is 6. The molecule has 0 radical (unpaired) electrons. The average molecular weight is 906 g/mol. The number of tetrazole rings is 1. The fraction of sp³-hybridized carbons (Fsp3) is 0.420. The number of nitrogens with one attached hydrogen (secondary N) is 1. The lowest BCUT2D eigenvalue weighted by atomic mass is 9.76. The highest BCUT2D eigenvalue weighted by molar-refractivity contribution is 7.99. The van der Waals surface area contributed by atoms with Gasteiger partial charge in [0.15, 0.2) is 6.10 Å². The van der Waals surface area contributed by atoms with E-state index in [1.165, 1.54) is 33.1 Å². The summed E-state index contributed by atoms with van der Waals surface area (Å²) >= 11 is 1.30. The van der Waals surface area contributed by atoms with Gasteiger partial charge in [0.05, 0.1) is 12.3 Å². The number of esters is 1. The first-order valence-corrected chi connectivity index (χ1v) is 23.1. The van der Waals surface area contributed by atoms with Gasteiger partial charge in [-0.25, -0.2) is 9.07 Å². The number of ether oxygens (including phenoxy) is 3. The Bertz CT molecular complexity index is 2520. The third-order valence-electron chi connectivity index (χ3n) is 12.0. The molecular weight excluding hydrogens is 846 g/mol. The van der Waals surface area contributed by atoms with Crippen molar-refractivity contribution in [2.45, 2.75) is 135 Å². The van der Waals surface area contributed by atoms with Gasteiger partial charge in [-0.05, 0) is 115 Å². The lowest BCUT2D eigenvalue weighted by Crippen LogP contribution is -2.37. The number of anilines is 2. The molecule has 6 rings (SSSR count). The number of halogens is 1. The third-order valence-corrected chi connectivity index (χ3v) is 13.1. The van der Waals surface area contributed by atoms with E-state index in [1.807, 2.05) is 45.9 Å². The summed E-state index contributed by atoms with van der Waals surface area (Å²) in [7, 11) is 0. The molecule has 13 nitrogen and oxygen atoms in total. The zero-order chi connectivity index (χ0) is 47.1. The maximum Gasteiger partial charge on any atom is 0.327 e. The maximum atomic E-state index is 15.5. The van der Waals surface area contributed by atoms with Crippen LogP contribution in [0.25, 0.3) is 0 Å². The van der Waals surface area contributed by atoms with Crippen LogP contribution < -0.4 is 19.8 Å². The summed E-state index contributed by atoms with van der Waals surface area (Å²) in [6.07, 6.45) is 0.909. The Balaban J connectivity index is 1.22. The van der Waals surface area contributed by atoms with E-state index in [9.17, 15) is 14.4 Å². The van der Waals surface area contributed by atoms with Crippen LogP contribution >= 0.6 is 11.8 Å². The van der Waals surface area contributed by atoms with Crippen molar-refractivity contribution in [1.82, 2.24) is 20.2 Å². The van der Waals surface area contributed by atoms with Crippen LogP contribution in [-0.2, 0) is 36.5 Å². The molecule has 2 heterocycles. The van der Waals surface area contributed by atoms with E-state index in [2.05, 4.69) is 79.6 Å². The standard InChI is InChI=1S/C50H60FN7O6S/c1-11-27-62-43(59)30-57-48(53-55-56-57)65-32(6)37-28-31(5)19-25-41(37)64-45-44(36-17-15-16-18-39(36)51)54-58(47(45)61)35-23-21-34(22-24-35)52-46(60)40(12-2)63-42-26-20-33(49(7,8)13-3)29-38(42)50(9,10)14-4/h15-26,28-29,32,40,45H,11-14,27,30H2,1-10H3,(H,52,60). The molecular formula is C50H60FN7O6S. The van der Waals surface area contributed by atoms with Gasteiger partial charge in [0.1, 0.15) is 29.6 Å². The molecule has 0 spiro atoms. The molecule has 344 valence electrons. The number of rotatable bonds is 20. The van der Waals surface area contributed by atoms with Gasteiger partial charge >= 0.3 is 5.97 Å². The number of amides is 2. The normalized spacial score (nSPS) is 15.1. The molecule has 3 atom stereocenters. The van der Waals surface area contributed by atoms with Crippen molar-refractivity contribution < 1.29 is 33.0 Å². The zero-order valence-corrected chi connectivity index (χ0v) is 39.8. The van der Waals surface area contributed by atoms with E-state index in [-0.39, 0.29) is 39.8 Å². The average Bonchev–Trinajstić information content (AvgIpc) is 3.87. The van der Waals surface area contributed by atoms with Crippen molar-refractivity contribution in [2.75, 3.05) is 16.9 Å². The largest absolute Gasteiger partial charge is 0.480 e. The van der Waals surface area contributed by atoms with Crippen LogP contribution in [0.15, 0.2) is 95.2 Å². The van der Waals surface area contributed by atoms with E-state index in [4.69, 9.17) is 14.2 Å². The van der Waals surface area contributed by atoms with E-state index in [0.717, 1.165) is 29.5 Å². The Morgan fingerprint density at radius 2 is 1.62 bits per heavy atom. The van der Waals surface area contributed by atoms with E-state index in [0.29, 0.717) is 47.5 Å². The summed E-state index contributed by atoms with van der Waals surface area (Å²) in [6, 6.07) is 24.6. The number of hydrogen-bond donors (Lipinski definition) is 1. The minimum absolute atomic E-state index is 0.0105. The monoisotopic (exact) mass is 905 g/mol. The molecule has 15 heteroatoms. The van der Waals surface area contributed by atoms with E-state index < -0.39 is 29.9 Å². The number of aromatic nitrogens is 4. The Morgan fingerprint density at radius 3 is 2.29 bits per heavy atom. The molecule has 0 saturated heterocycles. The highest BCUT2D eigenvalue weighted by Crippen LogP contribution is 2.41. The lowest BCUT2D eigenvalue weighted by Gasteiger charge is -2.31. The number of benzene rings is 4. The van der Waals surface area contributed by atoms with Gasteiger partial charge in [-0.2, -0.15) is 10.1 Å². The summed E-state index contributed by atoms with van der Waals surface area (Å²) in [5.41, 5.74) is 4.83. The summed E-state index contributed by atoms with van der Waals surface area (Å²) < 4.78 is 35.1. The van der Waals surface area contributed by atoms with Crippen LogP contribution in [-0.4, -0.2) is 62.5 Å². The fourth-order valence-electron chi connectivity index (χ4n) is 7.16. The smallest absolute Gasteiger partial charge is 0.327 e. The van der Waals surface area contributed by atoms with Gasteiger partial charge in [0.25, 0.3) is 11.8 Å². The summed E-state index contributed by atoms with van der Waals surface area (Å²) in [4.78, 5) is 40.5. The Labute approximate surface area is 385 Å². The van der Waals surface area contributed by atoms with E-state index >= 15 is 4.39 Å². The topological polar surface area (TPSA) is 150 Å². The molecule has 3 unspecified atom stereocenters. The number of aryl methyl sites for hydroxylation is 1. The van der Waals surface area contributed by atoms with Crippen molar-refractivity contribution in [1.29, 1.82) is 0 Å². The van der Waals surface area contributed by atoms with Crippen molar-refractivity contribution in [3.63, 3.8) is 0 Å². The second-order valence-corrected chi connectivity index (χ2v) is 18.8. The summed E-state index contributed by atoms with van der Waals surface area (Å²) in [5.74, 6) is -0.810. The molecule has 65 heavy (non-hydrogen) atoms. The molecule has 1 aliphatic heterocycles. The van der Waals surface area contributed by atoms with Crippen LogP contribution in [0.2, 0.25) is 0 Å². The van der Waals surface area contributed by atoms with Gasteiger partial charge in [0.2, 0.25) is 11.3 Å². The fourth-order valence-corrected chi connectivity index (χ4v) is 8.09. The van der Waals surface area contributed by atoms with Crippen LogP contribution in [0.1, 0.15) is 121 Å². The molecule has 1 aliphatic rings. The molecule has 2 amide bonds. The predicted octanol–water partition coefficient (Wildman–Crippen LogP) is 10.3. The molecule has 1 N–H and O–H groups in total. The number of carbonyl (C=O) groups excluding carboxylic acids is 3. The highest BCUT2D eigenvalue weighted by atomic mass is 32.2. The SMILES string of the molecule is CCCOC(=O)Cn1nnnc1SC(C)c1cc(C)ccc1OC1C(=O)N(c2ccc(NC(=O)C(CC)Oc3ccc(C(C)(C)CC)cc3C(C)(C)CC)cc2)N=C1c1ccccc1F. The first kappa shape index (κ1) is 48.4. The Morgan fingerprint density at radius 1 is 0.908 bits per heavy atom. The molecule has 0 fully saturated rings. The van der Waals surface area contributed by atoms with Crippen molar-refractivity contribution in [3.05, 3.63) is 119 Å². The number of hydrogen-bond acceptors (Lipinski definition) is 11. The minimum atomic E-state index is -1.32. The zero-order valence-electron chi connectivity index (χ0n) is 39.0. The van der Waals surface area contributed by atoms with Crippen molar-refractivity contribution in [2.24, 2.45) is 5.10 Å². The second kappa shape index (κ2) is 20.8. The van der Waals surface area contributed by atoms with Crippen LogP contribution in [0, 0.1) is 12.7 Å². The molecule has 5 aromatic rings. The minimum Gasteiger partial charge on any atom is -0.480 e. The first-order chi connectivity index (χ1) is 31.0. The number of hydrazone groups is 1. The quantitative estimate of drug-likeness (QED) is 0.0591. The summed E-state index contributed by atoms with van der Waals surface area (Å²) in [6.45, 7) is 21.0. The second-order valence-electron chi connectivity index (χ2n) is 17.5. The van der Waals surface area contributed by atoms with Gasteiger partial charge in [0, 0.05) is 27.6 Å². The van der Waals surface area contributed by atoms with Crippen molar-refractivity contribution in [3.8, 4) is 11.5 Å². The highest BCUT2D eigenvalue weighted by Gasteiger charge is 2.41. The van der Waals surface area contributed by atoms with Crippen LogP contribution in [0.5, 0.6) is 11.5 Å².